The Labute approximate surface area is 182 Å². The minimum absolute atomic E-state index is 0.104. The number of fused-ring (bicyclic) bond motifs is 1. The highest BCUT2D eigenvalue weighted by molar-refractivity contribution is 5.92. The molecule has 7 nitrogen and oxygen atoms in total. The summed E-state index contributed by atoms with van der Waals surface area (Å²) in [6.45, 7) is 4.23. The number of piperazine rings is 1. The van der Waals surface area contributed by atoms with Gasteiger partial charge in [-0.15, -0.1) is 0 Å². The molecule has 2 heterocycles. The predicted molar refractivity (Wildman–Crippen MR) is 125 cm³/mol. The first-order chi connectivity index (χ1) is 15.3. The Morgan fingerprint density at radius 3 is 2.55 bits per heavy atom. The molecule has 3 aromatic rings. The topological polar surface area (TPSA) is 73.8 Å². The lowest BCUT2D eigenvalue weighted by Gasteiger charge is -2.37. The number of nitrogens with zero attached hydrogens (tertiary/aromatic N) is 4. The number of para-hydroxylation sites is 2. The number of aliphatic hydroxyl groups is 1. The van der Waals surface area contributed by atoms with Crippen molar-refractivity contribution in [2.45, 2.75) is 18.8 Å². The fourth-order valence-electron chi connectivity index (χ4n) is 4.26. The highest BCUT2D eigenvalue weighted by atomic mass is 16.5. The molecule has 0 spiro atoms. The first-order valence-electron chi connectivity index (χ1n) is 11.1. The lowest BCUT2D eigenvalue weighted by Crippen LogP contribution is -2.47. The van der Waals surface area contributed by atoms with Crippen LogP contribution >= 0.6 is 0 Å². The van der Waals surface area contributed by atoms with E-state index in [1.807, 2.05) is 18.2 Å². The molecule has 0 amide bonds. The Morgan fingerprint density at radius 2 is 1.81 bits per heavy atom. The average Bonchev–Trinajstić information content (AvgIpc) is 3.68. The molecule has 162 valence electrons. The van der Waals surface area contributed by atoms with Crippen molar-refractivity contribution in [2.75, 3.05) is 61.6 Å². The third kappa shape index (κ3) is 4.10. The molecule has 1 aliphatic heterocycles. The van der Waals surface area contributed by atoms with E-state index in [9.17, 15) is 0 Å². The summed E-state index contributed by atoms with van der Waals surface area (Å²) in [5, 5.41) is 13.5. The van der Waals surface area contributed by atoms with Gasteiger partial charge in [0.1, 0.15) is 17.4 Å². The number of anilines is 3. The highest BCUT2D eigenvalue weighted by Gasteiger charge is 2.29. The summed E-state index contributed by atoms with van der Waals surface area (Å²) in [6.07, 6.45) is 2.37. The molecule has 0 unspecified atom stereocenters. The summed E-state index contributed by atoms with van der Waals surface area (Å²) < 4.78 is 5.56. The second-order valence-corrected chi connectivity index (χ2v) is 8.21. The van der Waals surface area contributed by atoms with Crippen LogP contribution in [0.5, 0.6) is 5.75 Å². The predicted octanol–water partition coefficient (Wildman–Crippen LogP) is 3.25. The Hall–Kier alpha value is -3.06. The van der Waals surface area contributed by atoms with E-state index in [1.165, 1.54) is 12.8 Å². The number of hydrogen-bond acceptors (Lipinski definition) is 7. The van der Waals surface area contributed by atoms with Crippen LogP contribution in [0.3, 0.4) is 0 Å². The van der Waals surface area contributed by atoms with Crippen LogP contribution in [0.15, 0.2) is 42.5 Å². The molecule has 2 fully saturated rings. The first kappa shape index (κ1) is 19.9. The van der Waals surface area contributed by atoms with Crippen LogP contribution in [0, 0.1) is 0 Å². The summed E-state index contributed by atoms with van der Waals surface area (Å²) in [7, 11) is 1.73. The maximum atomic E-state index is 9.15. The van der Waals surface area contributed by atoms with Crippen molar-refractivity contribution in [2.24, 2.45) is 0 Å². The number of rotatable bonds is 7. The van der Waals surface area contributed by atoms with Crippen LogP contribution in [0.1, 0.15) is 24.6 Å². The maximum absolute atomic E-state index is 9.15. The number of aromatic nitrogens is 2. The van der Waals surface area contributed by atoms with Gasteiger partial charge in [0.05, 0.1) is 24.9 Å². The van der Waals surface area contributed by atoms with Crippen molar-refractivity contribution in [1.29, 1.82) is 0 Å². The number of benzene rings is 2. The smallest absolute Gasteiger partial charge is 0.142 e. The fourth-order valence-corrected chi connectivity index (χ4v) is 4.26. The van der Waals surface area contributed by atoms with E-state index < -0.39 is 0 Å². The maximum Gasteiger partial charge on any atom is 0.142 e. The summed E-state index contributed by atoms with van der Waals surface area (Å²) in [5.74, 6) is 3.43. The van der Waals surface area contributed by atoms with Crippen molar-refractivity contribution < 1.29 is 9.84 Å². The third-order valence-electron chi connectivity index (χ3n) is 6.08. The summed E-state index contributed by atoms with van der Waals surface area (Å²) >= 11 is 0. The zero-order valence-corrected chi connectivity index (χ0v) is 17.9. The van der Waals surface area contributed by atoms with Crippen molar-refractivity contribution in [3.63, 3.8) is 0 Å². The van der Waals surface area contributed by atoms with Gasteiger partial charge < -0.3 is 25.0 Å². The number of nitrogens with one attached hydrogen (secondary N) is 1. The Balaban J connectivity index is 1.43. The molecule has 1 aliphatic carbocycles. The van der Waals surface area contributed by atoms with Gasteiger partial charge in [-0.25, -0.2) is 9.97 Å². The Bertz CT molecular complexity index is 1060. The van der Waals surface area contributed by atoms with Crippen molar-refractivity contribution >= 4 is 28.1 Å². The fraction of sp³-hybridized carbons (Fsp3) is 0.417. The van der Waals surface area contributed by atoms with E-state index in [-0.39, 0.29) is 6.61 Å². The van der Waals surface area contributed by atoms with Gasteiger partial charge in [0, 0.05) is 49.7 Å². The molecule has 5 rings (SSSR count). The molecule has 31 heavy (non-hydrogen) atoms. The van der Waals surface area contributed by atoms with Crippen molar-refractivity contribution in [3.8, 4) is 5.75 Å². The van der Waals surface area contributed by atoms with Crippen LogP contribution in [-0.2, 0) is 0 Å². The van der Waals surface area contributed by atoms with Crippen LogP contribution in [0.2, 0.25) is 0 Å². The third-order valence-corrected chi connectivity index (χ3v) is 6.08. The van der Waals surface area contributed by atoms with Crippen molar-refractivity contribution in [1.82, 2.24) is 9.97 Å². The van der Waals surface area contributed by atoms with E-state index in [0.29, 0.717) is 12.5 Å². The van der Waals surface area contributed by atoms with Crippen LogP contribution < -0.4 is 19.9 Å². The molecular formula is C24H29N5O2. The number of hydrogen-bond donors (Lipinski definition) is 2. The summed E-state index contributed by atoms with van der Waals surface area (Å²) in [5.41, 5.74) is 3.12. The minimum Gasteiger partial charge on any atom is -0.495 e. The second kappa shape index (κ2) is 8.59. The van der Waals surface area contributed by atoms with Gasteiger partial charge in [-0.2, -0.15) is 0 Å². The minimum atomic E-state index is 0.104. The van der Waals surface area contributed by atoms with Crippen molar-refractivity contribution in [3.05, 3.63) is 48.3 Å². The highest BCUT2D eigenvalue weighted by Crippen LogP contribution is 2.40. The lowest BCUT2D eigenvalue weighted by molar-refractivity contribution is 0.311. The van der Waals surface area contributed by atoms with Crippen LogP contribution in [0.4, 0.5) is 17.2 Å². The first-order valence-corrected chi connectivity index (χ1v) is 11.1. The van der Waals surface area contributed by atoms with Gasteiger partial charge in [0.25, 0.3) is 0 Å². The SMILES string of the molecule is COc1ccccc1N1CCN(c2nc(C3CC3)nc3ccc(NCCO)cc23)CC1. The molecule has 2 aliphatic rings. The van der Waals surface area contributed by atoms with E-state index in [4.69, 9.17) is 19.8 Å². The second-order valence-electron chi connectivity index (χ2n) is 8.21. The Kier molecular flexibility index (Phi) is 5.51. The van der Waals surface area contributed by atoms with Gasteiger partial charge in [0.2, 0.25) is 0 Å². The largest absolute Gasteiger partial charge is 0.495 e. The quantitative estimate of drug-likeness (QED) is 0.609. The molecule has 2 aromatic carbocycles. The van der Waals surface area contributed by atoms with Gasteiger partial charge in [-0.1, -0.05) is 12.1 Å². The van der Waals surface area contributed by atoms with E-state index in [0.717, 1.165) is 65.8 Å². The molecule has 0 bridgehead atoms. The molecule has 0 radical (unpaired) electrons. The average molecular weight is 420 g/mol. The summed E-state index contributed by atoms with van der Waals surface area (Å²) in [6, 6.07) is 14.4. The Morgan fingerprint density at radius 1 is 1.03 bits per heavy atom. The van der Waals surface area contributed by atoms with Gasteiger partial charge in [0.15, 0.2) is 0 Å². The lowest BCUT2D eigenvalue weighted by atomic mass is 10.1. The zero-order chi connectivity index (χ0) is 21.2. The number of ether oxygens (including phenoxy) is 1. The zero-order valence-electron chi connectivity index (χ0n) is 17.9. The summed E-state index contributed by atoms with van der Waals surface area (Å²) in [4.78, 5) is 14.7. The molecule has 2 N–H and O–H groups in total. The molecule has 1 saturated heterocycles. The van der Waals surface area contributed by atoms with Gasteiger partial charge in [-0.05, 0) is 43.2 Å². The monoisotopic (exact) mass is 419 g/mol. The van der Waals surface area contributed by atoms with Crippen LogP contribution in [0.25, 0.3) is 10.9 Å². The van der Waals surface area contributed by atoms with Crippen LogP contribution in [-0.4, -0.2) is 61.5 Å². The van der Waals surface area contributed by atoms with E-state index >= 15 is 0 Å². The molecule has 1 aromatic heterocycles. The molecule has 1 saturated carbocycles. The molecular weight excluding hydrogens is 390 g/mol. The van der Waals surface area contributed by atoms with E-state index in [1.54, 1.807) is 7.11 Å². The number of aliphatic hydroxyl groups excluding tert-OH is 1. The standard InChI is InChI=1S/C24H29N5O2/c1-31-22-5-3-2-4-21(22)28-11-13-29(14-12-28)24-19-16-18(25-10-15-30)8-9-20(19)26-23(27-24)17-6-7-17/h2-5,8-9,16-17,25,30H,6-7,10-15H2,1H3. The molecule has 7 heteroatoms. The molecule has 0 atom stereocenters. The number of methoxy groups -OCH3 is 1. The van der Waals surface area contributed by atoms with Gasteiger partial charge >= 0.3 is 0 Å². The van der Waals surface area contributed by atoms with E-state index in [2.05, 4.69) is 39.4 Å². The van der Waals surface area contributed by atoms with Gasteiger partial charge in [-0.3, -0.25) is 0 Å². The normalized spacial score (nSPS) is 16.6.